The predicted octanol–water partition coefficient (Wildman–Crippen LogP) is 4.06. The summed E-state index contributed by atoms with van der Waals surface area (Å²) in [5, 5.41) is 11.9. The average Bonchev–Trinajstić information content (AvgIpc) is 2.82. The van der Waals surface area contributed by atoms with E-state index in [1.54, 1.807) is 17.4 Å². The van der Waals surface area contributed by atoms with Crippen molar-refractivity contribution in [3.8, 4) is 0 Å². The van der Waals surface area contributed by atoms with Gasteiger partial charge in [0, 0.05) is 20.9 Å². The van der Waals surface area contributed by atoms with Gasteiger partial charge in [-0.15, -0.1) is 11.3 Å². The zero-order valence-corrected chi connectivity index (χ0v) is 12.7. The molecule has 0 aliphatic heterocycles. The first-order chi connectivity index (χ1) is 9.95. The largest absolute Gasteiger partial charge is 0.478 e. The molecule has 1 heterocycles. The van der Waals surface area contributed by atoms with Crippen molar-refractivity contribution < 1.29 is 14.7 Å². The molecule has 0 fully saturated rings. The van der Waals surface area contributed by atoms with Gasteiger partial charge in [0.1, 0.15) is 0 Å². The van der Waals surface area contributed by atoms with Crippen molar-refractivity contribution >= 4 is 46.6 Å². The predicted molar refractivity (Wildman–Crippen MR) is 85.1 cm³/mol. The lowest BCUT2D eigenvalue weighted by Crippen LogP contribution is -2.11. The summed E-state index contributed by atoms with van der Waals surface area (Å²) < 4.78 is 0. The Morgan fingerprint density at radius 3 is 2.67 bits per heavy atom. The first-order valence-electron chi connectivity index (χ1n) is 6.04. The van der Waals surface area contributed by atoms with Crippen LogP contribution in [0.5, 0.6) is 0 Å². The molecular formula is C15H12ClNO3S. The second kappa shape index (κ2) is 6.56. The molecule has 4 nitrogen and oxygen atoms in total. The van der Waals surface area contributed by atoms with Crippen LogP contribution in [-0.4, -0.2) is 17.0 Å². The van der Waals surface area contributed by atoms with Crippen molar-refractivity contribution in [3.63, 3.8) is 0 Å². The van der Waals surface area contributed by atoms with E-state index in [0.717, 1.165) is 9.75 Å². The fourth-order valence-corrected chi connectivity index (χ4v) is 2.63. The molecule has 1 aromatic heterocycles. The number of carboxylic acid groups (broad SMARTS) is 1. The molecule has 108 valence electrons. The maximum Gasteiger partial charge on any atom is 0.337 e. The van der Waals surface area contributed by atoms with E-state index in [0.29, 0.717) is 5.02 Å². The average molecular weight is 322 g/mol. The van der Waals surface area contributed by atoms with Gasteiger partial charge in [-0.1, -0.05) is 11.6 Å². The fraction of sp³-hybridized carbons (Fsp3) is 0.0667. The molecule has 0 aliphatic rings. The molecule has 0 aliphatic carbocycles. The third-order valence-corrected chi connectivity index (χ3v) is 3.83. The van der Waals surface area contributed by atoms with Gasteiger partial charge >= 0.3 is 5.97 Å². The molecule has 1 aromatic carbocycles. The third-order valence-electron chi connectivity index (χ3n) is 2.63. The molecule has 0 radical (unpaired) electrons. The standard InChI is InChI=1S/C15H12ClNO3S/c1-9-2-4-11(21-9)5-7-14(18)17-13-8-10(16)3-6-12(13)15(19)20/h2-8H,1H3,(H,17,18)(H,19,20)/b7-5+. The molecule has 0 atom stereocenters. The lowest BCUT2D eigenvalue weighted by atomic mass is 10.2. The number of halogens is 1. The summed E-state index contributed by atoms with van der Waals surface area (Å²) >= 11 is 7.38. The van der Waals surface area contributed by atoms with Crippen molar-refractivity contribution in [1.82, 2.24) is 0 Å². The third kappa shape index (κ3) is 4.18. The number of carbonyl (C=O) groups is 2. The van der Waals surface area contributed by atoms with Crippen molar-refractivity contribution in [2.45, 2.75) is 6.92 Å². The van der Waals surface area contributed by atoms with Crippen LogP contribution in [0.2, 0.25) is 5.02 Å². The lowest BCUT2D eigenvalue weighted by Gasteiger charge is -2.06. The van der Waals surface area contributed by atoms with Crippen LogP contribution in [0.4, 0.5) is 5.69 Å². The second-order valence-corrected chi connectivity index (χ2v) is 6.02. The highest BCUT2D eigenvalue weighted by atomic mass is 35.5. The summed E-state index contributed by atoms with van der Waals surface area (Å²) in [6, 6.07) is 8.09. The van der Waals surface area contributed by atoms with E-state index in [9.17, 15) is 9.59 Å². The number of rotatable bonds is 4. The molecule has 2 rings (SSSR count). The minimum Gasteiger partial charge on any atom is -0.478 e. The van der Waals surface area contributed by atoms with Gasteiger partial charge in [-0.25, -0.2) is 4.79 Å². The van der Waals surface area contributed by atoms with Gasteiger partial charge in [-0.3, -0.25) is 4.79 Å². The van der Waals surface area contributed by atoms with Crippen molar-refractivity contribution in [3.05, 3.63) is 56.7 Å². The summed E-state index contributed by atoms with van der Waals surface area (Å²) in [5.41, 5.74) is 0.167. The zero-order chi connectivity index (χ0) is 15.4. The van der Waals surface area contributed by atoms with Gasteiger partial charge in [0.25, 0.3) is 0 Å². The normalized spacial score (nSPS) is 10.8. The quantitative estimate of drug-likeness (QED) is 0.834. The number of nitrogens with one attached hydrogen (secondary N) is 1. The van der Waals surface area contributed by atoms with Crippen molar-refractivity contribution in [1.29, 1.82) is 0 Å². The SMILES string of the molecule is Cc1ccc(/C=C/C(=O)Nc2cc(Cl)ccc2C(=O)O)s1. The number of carboxylic acids is 1. The van der Waals surface area contributed by atoms with Crippen LogP contribution >= 0.6 is 22.9 Å². The van der Waals surface area contributed by atoms with Crippen LogP contribution in [0.1, 0.15) is 20.1 Å². The highest BCUT2D eigenvalue weighted by Gasteiger charge is 2.11. The fourth-order valence-electron chi connectivity index (χ4n) is 1.68. The number of benzene rings is 1. The maximum absolute atomic E-state index is 11.8. The molecule has 21 heavy (non-hydrogen) atoms. The molecule has 1 amide bonds. The number of thiophene rings is 1. The van der Waals surface area contributed by atoms with Gasteiger partial charge in [-0.05, 0) is 43.3 Å². The Labute approximate surface area is 130 Å². The van der Waals surface area contributed by atoms with Crippen molar-refractivity contribution in [2.24, 2.45) is 0 Å². The molecule has 0 saturated carbocycles. The van der Waals surface area contributed by atoms with E-state index < -0.39 is 11.9 Å². The van der Waals surface area contributed by atoms with Crippen LogP contribution in [-0.2, 0) is 4.79 Å². The highest BCUT2D eigenvalue weighted by molar-refractivity contribution is 7.12. The summed E-state index contributed by atoms with van der Waals surface area (Å²) in [5.74, 6) is -1.54. The number of hydrogen-bond acceptors (Lipinski definition) is 3. The maximum atomic E-state index is 11.8. The summed E-state index contributed by atoms with van der Waals surface area (Å²) in [7, 11) is 0. The first-order valence-corrected chi connectivity index (χ1v) is 7.23. The lowest BCUT2D eigenvalue weighted by molar-refractivity contribution is -0.111. The van der Waals surface area contributed by atoms with Crippen LogP contribution < -0.4 is 5.32 Å². The molecular weight excluding hydrogens is 310 g/mol. The number of aryl methyl sites for hydroxylation is 1. The van der Waals surface area contributed by atoms with E-state index >= 15 is 0 Å². The number of carbonyl (C=O) groups excluding carboxylic acids is 1. The molecule has 2 N–H and O–H groups in total. The monoisotopic (exact) mass is 321 g/mol. The highest BCUT2D eigenvalue weighted by Crippen LogP contribution is 2.21. The van der Waals surface area contributed by atoms with E-state index in [4.69, 9.17) is 16.7 Å². The van der Waals surface area contributed by atoms with Crippen LogP contribution in [0.25, 0.3) is 6.08 Å². The Balaban J connectivity index is 2.14. The Hall–Kier alpha value is -2.11. The Kier molecular flexibility index (Phi) is 4.77. The molecule has 6 heteroatoms. The van der Waals surface area contributed by atoms with E-state index in [1.807, 2.05) is 19.1 Å². The summed E-state index contributed by atoms with van der Waals surface area (Å²) in [6.07, 6.45) is 3.04. The summed E-state index contributed by atoms with van der Waals surface area (Å²) in [4.78, 5) is 25.0. The Bertz CT molecular complexity index is 721. The topological polar surface area (TPSA) is 66.4 Å². The van der Waals surface area contributed by atoms with Gasteiger partial charge < -0.3 is 10.4 Å². The minimum atomic E-state index is -1.13. The molecule has 0 spiro atoms. The van der Waals surface area contributed by atoms with Crippen LogP contribution in [0.15, 0.2) is 36.4 Å². The summed E-state index contributed by atoms with van der Waals surface area (Å²) in [6.45, 7) is 1.98. The molecule has 0 bridgehead atoms. The Morgan fingerprint density at radius 2 is 2.05 bits per heavy atom. The number of hydrogen-bond donors (Lipinski definition) is 2. The molecule has 2 aromatic rings. The van der Waals surface area contributed by atoms with Crippen molar-refractivity contribution in [2.75, 3.05) is 5.32 Å². The number of anilines is 1. The van der Waals surface area contributed by atoms with Crippen LogP contribution in [0, 0.1) is 6.92 Å². The van der Waals surface area contributed by atoms with Crippen LogP contribution in [0.3, 0.4) is 0 Å². The number of aromatic carboxylic acids is 1. The smallest absolute Gasteiger partial charge is 0.337 e. The minimum absolute atomic E-state index is 0.00637. The van der Waals surface area contributed by atoms with Gasteiger partial charge in [0.2, 0.25) is 5.91 Å². The number of amides is 1. The van der Waals surface area contributed by atoms with E-state index in [1.165, 1.54) is 24.3 Å². The Morgan fingerprint density at radius 1 is 1.29 bits per heavy atom. The second-order valence-electron chi connectivity index (χ2n) is 4.27. The van der Waals surface area contributed by atoms with Gasteiger partial charge in [0.15, 0.2) is 0 Å². The molecule has 0 unspecified atom stereocenters. The van der Waals surface area contributed by atoms with Gasteiger partial charge in [-0.2, -0.15) is 0 Å². The van der Waals surface area contributed by atoms with E-state index in [2.05, 4.69) is 5.32 Å². The first kappa shape index (κ1) is 15.3. The zero-order valence-electron chi connectivity index (χ0n) is 11.1. The van der Waals surface area contributed by atoms with Gasteiger partial charge in [0.05, 0.1) is 11.3 Å². The van der Waals surface area contributed by atoms with E-state index in [-0.39, 0.29) is 11.3 Å². The molecule has 0 saturated heterocycles.